The van der Waals surface area contributed by atoms with Crippen molar-refractivity contribution in [3.8, 4) is 5.75 Å². The number of rotatable bonds is 7. The number of pyridine rings is 1. The first kappa shape index (κ1) is 17.7. The van der Waals surface area contributed by atoms with Crippen molar-refractivity contribution in [1.82, 2.24) is 10.3 Å². The summed E-state index contributed by atoms with van der Waals surface area (Å²) in [6, 6.07) is 11.3. The van der Waals surface area contributed by atoms with Crippen LogP contribution in [0.2, 0.25) is 5.15 Å². The van der Waals surface area contributed by atoms with Crippen LogP contribution in [0, 0.1) is 0 Å². The molecule has 2 rings (SSSR count). The van der Waals surface area contributed by atoms with Gasteiger partial charge in [-0.2, -0.15) is 0 Å². The van der Waals surface area contributed by atoms with Gasteiger partial charge in [0.05, 0.1) is 12.2 Å². The van der Waals surface area contributed by atoms with E-state index in [9.17, 15) is 5.11 Å². The highest BCUT2D eigenvalue weighted by atomic mass is 35.5. The fourth-order valence-corrected chi connectivity index (χ4v) is 2.43. The molecule has 23 heavy (non-hydrogen) atoms. The SMILES string of the molecule is CC(C)Oc1ccc(C(O)CNC(C)c2ccnc(Cl)c2)cc1. The third-order valence-corrected chi connectivity index (χ3v) is 3.71. The zero-order valence-corrected chi connectivity index (χ0v) is 14.4. The van der Waals surface area contributed by atoms with E-state index < -0.39 is 6.10 Å². The Balaban J connectivity index is 1.90. The van der Waals surface area contributed by atoms with Gasteiger partial charge in [0.1, 0.15) is 10.9 Å². The van der Waals surface area contributed by atoms with Crippen LogP contribution >= 0.6 is 11.6 Å². The summed E-state index contributed by atoms with van der Waals surface area (Å²) in [5.74, 6) is 0.809. The highest BCUT2D eigenvalue weighted by Crippen LogP contribution is 2.20. The van der Waals surface area contributed by atoms with Crippen LogP contribution in [0.5, 0.6) is 5.75 Å². The zero-order valence-electron chi connectivity index (χ0n) is 13.7. The summed E-state index contributed by atoms with van der Waals surface area (Å²) >= 11 is 5.90. The second kappa shape index (κ2) is 8.29. The summed E-state index contributed by atoms with van der Waals surface area (Å²) in [5.41, 5.74) is 1.89. The molecule has 2 N–H and O–H groups in total. The Labute approximate surface area is 142 Å². The molecule has 0 spiro atoms. The van der Waals surface area contributed by atoms with Gasteiger partial charge in [-0.15, -0.1) is 0 Å². The van der Waals surface area contributed by atoms with Crippen LogP contribution in [-0.2, 0) is 0 Å². The summed E-state index contributed by atoms with van der Waals surface area (Å²) in [4.78, 5) is 3.97. The quantitative estimate of drug-likeness (QED) is 0.754. The number of aliphatic hydroxyl groups excluding tert-OH is 1. The molecule has 1 heterocycles. The number of aromatic nitrogens is 1. The third-order valence-electron chi connectivity index (χ3n) is 3.50. The summed E-state index contributed by atoms with van der Waals surface area (Å²) in [6.07, 6.45) is 1.24. The molecule has 0 amide bonds. The summed E-state index contributed by atoms with van der Waals surface area (Å²) < 4.78 is 5.60. The molecule has 2 aromatic rings. The molecule has 4 nitrogen and oxygen atoms in total. The van der Waals surface area contributed by atoms with E-state index in [4.69, 9.17) is 16.3 Å². The average molecular weight is 335 g/mol. The number of nitrogens with one attached hydrogen (secondary N) is 1. The van der Waals surface area contributed by atoms with Crippen molar-refractivity contribution in [2.24, 2.45) is 0 Å². The molecule has 0 fully saturated rings. The number of aliphatic hydroxyl groups is 1. The van der Waals surface area contributed by atoms with E-state index in [2.05, 4.69) is 10.3 Å². The van der Waals surface area contributed by atoms with Gasteiger partial charge in [-0.25, -0.2) is 4.98 Å². The Bertz CT molecular complexity index is 617. The second-order valence-corrected chi connectivity index (χ2v) is 6.18. The van der Waals surface area contributed by atoms with Gasteiger partial charge in [0.25, 0.3) is 0 Å². The number of ether oxygens (including phenoxy) is 1. The predicted octanol–water partition coefficient (Wildman–Crippen LogP) is 3.91. The van der Waals surface area contributed by atoms with E-state index in [0.717, 1.165) is 16.9 Å². The van der Waals surface area contributed by atoms with Crippen LogP contribution in [0.4, 0.5) is 0 Å². The first-order chi connectivity index (χ1) is 11.0. The van der Waals surface area contributed by atoms with Crippen molar-refractivity contribution in [3.63, 3.8) is 0 Å². The van der Waals surface area contributed by atoms with Crippen LogP contribution in [0.3, 0.4) is 0 Å². The number of halogens is 1. The maximum atomic E-state index is 10.3. The molecule has 124 valence electrons. The molecule has 0 radical (unpaired) electrons. The van der Waals surface area contributed by atoms with Gasteiger partial charge in [0.15, 0.2) is 0 Å². The van der Waals surface area contributed by atoms with Crippen molar-refractivity contribution in [2.45, 2.75) is 39.0 Å². The Morgan fingerprint density at radius 3 is 2.43 bits per heavy atom. The van der Waals surface area contributed by atoms with Crippen LogP contribution in [0.1, 0.15) is 44.0 Å². The Morgan fingerprint density at radius 2 is 1.83 bits per heavy atom. The maximum absolute atomic E-state index is 10.3. The minimum absolute atomic E-state index is 0.0775. The highest BCUT2D eigenvalue weighted by molar-refractivity contribution is 6.29. The van der Waals surface area contributed by atoms with Gasteiger partial charge in [-0.05, 0) is 56.2 Å². The topological polar surface area (TPSA) is 54.4 Å². The summed E-state index contributed by atoms with van der Waals surface area (Å²) in [6.45, 7) is 6.45. The Kier molecular flexibility index (Phi) is 6.39. The lowest BCUT2D eigenvalue weighted by Gasteiger charge is -2.18. The van der Waals surface area contributed by atoms with Gasteiger partial charge in [-0.1, -0.05) is 23.7 Å². The summed E-state index contributed by atoms with van der Waals surface area (Å²) in [7, 11) is 0. The largest absolute Gasteiger partial charge is 0.491 e. The molecule has 0 aliphatic heterocycles. The Morgan fingerprint density at radius 1 is 1.13 bits per heavy atom. The number of nitrogens with zero attached hydrogens (tertiary/aromatic N) is 1. The molecule has 0 saturated carbocycles. The van der Waals surface area contributed by atoms with Crippen LogP contribution in [0.15, 0.2) is 42.6 Å². The normalized spacial score (nSPS) is 13.8. The van der Waals surface area contributed by atoms with E-state index >= 15 is 0 Å². The lowest BCUT2D eigenvalue weighted by molar-refractivity contribution is 0.170. The van der Waals surface area contributed by atoms with E-state index in [0.29, 0.717) is 11.7 Å². The van der Waals surface area contributed by atoms with Gasteiger partial charge >= 0.3 is 0 Å². The molecule has 1 aromatic carbocycles. The highest BCUT2D eigenvalue weighted by Gasteiger charge is 2.11. The average Bonchev–Trinajstić information content (AvgIpc) is 2.52. The van der Waals surface area contributed by atoms with Crippen molar-refractivity contribution in [2.75, 3.05) is 6.54 Å². The van der Waals surface area contributed by atoms with Crippen LogP contribution in [-0.4, -0.2) is 22.7 Å². The first-order valence-corrected chi connectivity index (χ1v) is 8.13. The van der Waals surface area contributed by atoms with Gasteiger partial charge < -0.3 is 15.2 Å². The molecule has 5 heteroatoms. The van der Waals surface area contributed by atoms with E-state index in [1.807, 2.05) is 57.2 Å². The monoisotopic (exact) mass is 334 g/mol. The molecule has 0 aliphatic carbocycles. The zero-order chi connectivity index (χ0) is 16.8. The predicted molar refractivity (Wildman–Crippen MR) is 92.8 cm³/mol. The van der Waals surface area contributed by atoms with E-state index in [1.165, 1.54) is 0 Å². The standard InChI is InChI=1S/C18H23ClN2O2/c1-12(2)23-16-6-4-14(5-7-16)17(22)11-21-13(3)15-8-9-20-18(19)10-15/h4-10,12-13,17,21-22H,11H2,1-3H3. The smallest absolute Gasteiger partial charge is 0.129 e. The molecule has 1 aromatic heterocycles. The minimum Gasteiger partial charge on any atom is -0.491 e. The third kappa shape index (κ3) is 5.50. The molecule has 0 saturated heterocycles. The number of hydrogen-bond donors (Lipinski definition) is 2. The van der Waals surface area contributed by atoms with Gasteiger partial charge in [0.2, 0.25) is 0 Å². The van der Waals surface area contributed by atoms with Crippen molar-refractivity contribution < 1.29 is 9.84 Å². The van der Waals surface area contributed by atoms with Crippen LogP contribution in [0.25, 0.3) is 0 Å². The molecule has 0 bridgehead atoms. The lowest BCUT2D eigenvalue weighted by Crippen LogP contribution is -2.24. The molecular formula is C18H23ClN2O2. The molecule has 0 aliphatic rings. The van der Waals surface area contributed by atoms with E-state index in [1.54, 1.807) is 6.20 Å². The minimum atomic E-state index is -0.581. The first-order valence-electron chi connectivity index (χ1n) is 7.75. The Hall–Kier alpha value is -1.62. The van der Waals surface area contributed by atoms with Crippen molar-refractivity contribution >= 4 is 11.6 Å². The molecular weight excluding hydrogens is 312 g/mol. The number of hydrogen-bond acceptors (Lipinski definition) is 4. The maximum Gasteiger partial charge on any atom is 0.129 e. The molecule has 2 unspecified atom stereocenters. The summed E-state index contributed by atoms with van der Waals surface area (Å²) in [5, 5.41) is 14.1. The van der Waals surface area contributed by atoms with Gasteiger partial charge in [0, 0.05) is 18.8 Å². The van der Waals surface area contributed by atoms with Crippen molar-refractivity contribution in [1.29, 1.82) is 0 Å². The van der Waals surface area contributed by atoms with E-state index in [-0.39, 0.29) is 12.1 Å². The number of benzene rings is 1. The van der Waals surface area contributed by atoms with Crippen molar-refractivity contribution in [3.05, 3.63) is 58.9 Å². The van der Waals surface area contributed by atoms with Crippen LogP contribution < -0.4 is 10.1 Å². The lowest BCUT2D eigenvalue weighted by atomic mass is 10.1. The second-order valence-electron chi connectivity index (χ2n) is 5.79. The van der Waals surface area contributed by atoms with Gasteiger partial charge in [-0.3, -0.25) is 0 Å². The molecule has 2 atom stereocenters. The fourth-order valence-electron chi connectivity index (χ4n) is 2.25. The fraction of sp³-hybridized carbons (Fsp3) is 0.389.